The average Bonchev–Trinajstić information content (AvgIpc) is 2.76. The van der Waals surface area contributed by atoms with Crippen LogP contribution in [0.15, 0.2) is 42.5 Å². The summed E-state index contributed by atoms with van der Waals surface area (Å²) in [6, 6.07) is 13.2. The fraction of sp³-hybridized carbons (Fsp3) is 0.417. The van der Waals surface area contributed by atoms with Crippen molar-refractivity contribution in [3.8, 4) is 11.5 Å². The quantitative estimate of drug-likeness (QED) is 0.601. The highest BCUT2D eigenvalue weighted by molar-refractivity contribution is 5.94. The molecule has 0 spiro atoms. The van der Waals surface area contributed by atoms with Gasteiger partial charge in [0.05, 0.1) is 39.4 Å². The normalized spacial score (nSPS) is 14.2. The molecule has 7 nitrogen and oxygen atoms in total. The topological polar surface area (TPSA) is 72.3 Å². The highest BCUT2D eigenvalue weighted by Crippen LogP contribution is 2.30. The Morgan fingerprint density at radius 1 is 0.968 bits per heavy atom. The Balaban J connectivity index is 1.51. The van der Waals surface area contributed by atoms with Crippen LogP contribution in [-0.2, 0) is 4.79 Å². The monoisotopic (exact) mass is 426 g/mol. The maximum absolute atomic E-state index is 12.6. The van der Waals surface area contributed by atoms with Crippen LogP contribution in [0.4, 0.5) is 11.4 Å². The molecule has 2 aromatic rings. The number of carbonyl (C=O) groups is 2. The zero-order valence-electron chi connectivity index (χ0n) is 18.6. The van der Waals surface area contributed by atoms with E-state index < -0.39 is 0 Å². The second-order valence-corrected chi connectivity index (χ2v) is 7.59. The SMILES string of the molecule is CCOc1ccc(NC(=O)C[NH+]2CCN(c3ccc(C(C)=O)cc3)CC2)cc1OCC. The number of hydrogen-bond acceptors (Lipinski definition) is 5. The van der Waals surface area contributed by atoms with Crippen molar-refractivity contribution in [1.29, 1.82) is 0 Å². The molecule has 0 saturated carbocycles. The van der Waals surface area contributed by atoms with Crippen LogP contribution in [0.5, 0.6) is 11.5 Å². The first-order valence-electron chi connectivity index (χ1n) is 10.9. The maximum atomic E-state index is 12.6. The average molecular weight is 427 g/mol. The highest BCUT2D eigenvalue weighted by Gasteiger charge is 2.22. The number of hydrogen-bond donors (Lipinski definition) is 2. The van der Waals surface area contributed by atoms with E-state index in [-0.39, 0.29) is 11.7 Å². The van der Waals surface area contributed by atoms with E-state index in [0.717, 1.165) is 37.4 Å². The molecule has 0 radical (unpaired) electrons. The molecule has 0 atom stereocenters. The van der Waals surface area contributed by atoms with Crippen LogP contribution >= 0.6 is 0 Å². The molecular weight excluding hydrogens is 394 g/mol. The van der Waals surface area contributed by atoms with Crippen molar-refractivity contribution in [3.63, 3.8) is 0 Å². The van der Waals surface area contributed by atoms with Crippen LogP contribution in [0.25, 0.3) is 0 Å². The zero-order chi connectivity index (χ0) is 22.2. The molecule has 1 amide bonds. The van der Waals surface area contributed by atoms with E-state index in [1.54, 1.807) is 6.92 Å². The number of ketones is 1. The number of Topliss-reactive ketones (excluding diaryl/α,β-unsaturated/α-hetero) is 1. The second-order valence-electron chi connectivity index (χ2n) is 7.59. The van der Waals surface area contributed by atoms with E-state index in [9.17, 15) is 9.59 Å². The first-order chi connectivity index (χ1) is 15.0. The van der Waals surface area contributed by atoms with Gasteiger partial charge in [-0.1, -0.05) is 0 Å². The number of rotatable bonds is 9. The van der Waals surface area contributed by atoms with E-state index in [0.29, 0.717) is 36.9 Å². The van der Waals surface area contributed by atoms with Gasteiger partial charge in [-0.05, 0) is 57.2 Å². The van der Waals surface area contributed by atoms with Crippen LogP contribution < -0.4 is 24.6 Å². The van der Waals surface area contributed by atoms with Gasteiger partial charge >= 0.3 is 0 Å². The molecule has 1 fully saturated rings. The van der Waals surface area contributed by atoms with Crippen LogP contribution in [0.1, 0.15) is 31.1 Å². The molecule has 0 unspecified atom stereocenters. The lowest BCUT2D eigenvalue weighted by atomic mass is 10.1. The Morgan fingerprint density at radius 3 is 2.23 bits per heavy atom. The Hall–Kier alpha value is -3.06. The van der Waals surface area contributed by atoms with Crippen LogP contribution in [0.3, 0.4) is 0 Å². The molecular formula is C24H32N3O4+. The van der Waals surface area contributed by atoms with Gasteiger partial charge in [-0.3, -0.25) is 9.59 Å². The van der Waals surface area contributed by atoms with Crippen molar-refractivity contribution in [3.05, 3.63) is 48.0 Å². The lowest BCUT2D eigenvalue weighted by Crippen LogP contribution is -3.15. The van der Waals surface area contributed by atoms with Gasteiger partial charge < -0.3 is 24.6 Å². The Bertz CT molecular complexity index is 890. The molecule has 1 saturated heterocycles. The van der Waals surface area contributed by atoms with Crippen LogP contribution in [0, 0.1) is 0 Å². The molecule has 7 heteroatoms. The van der Waals surface area contributed by atoms with Gasteiger partial charge in [-0.15, -0.1) is 0 Å². The van der Waals surface area contributed by atoms with E-state index in [4.69, 9.17) is 9.47 Å². The van der Waals surface area contributed by atoms with Gasteiger partial charge in [0.1, 0.15) is 0 Å². The predicted octanol–water partition coefficient (Wildman–Crippen LogP) is 2.03. The van der Waals surface area contributed by atoms with Crippen molar-refractivity contribution in [1.82, 2.24) is 0 Å². The van der Waals surface area contributed by atoms with Gasteiger partial charge in [0.15, 0.2) is 23.8 Å². The number of carbonyl (C=O) groups excluding carboxylic acids is 2. The Labute approximate surface area is 183 Å². The second kappa shape index (κ2) is 10.8. The first-order valence-corrected chi connectivity index (χ1v) is 10.9. The van der Waals surface area contributed by atoms with E-state index in [2.05, 4.69) is 10.2 Å². The number of ether oxygens (including phenoxy) is 2. The molecule has 1 aliphatic heterocycles. The summed E-state index contributed by atoms with van der Waals surface area (Å²) in [6.07, 6.45) is 0. The summed E-state index contributed by atoms with van der Waals surface area (Å²) in [6.45, 7) is 10.5. The molecule has 166 valence electrons. The number of anilines is 2. The van der Waals surface area contributed by atoms with Gasteiger partial charge in [0, 0.05) is 23.0 Å². The van der Waals surface area contributed by atoms with E-state index >= 15 is 0 Å². The van der Waals surface area contributed by atoms with Gasteiger partial charge in [0.25, 0.3) is 5.91 Å². The fourth-order valence-corrected chi connectivity index (χ4v) is 3.73. The lowest BCUT2D eigenvalue weighted by molar-refractivity contribution is -0.892. The Morgan fingerprint density at radius 2 is 1.61 bits per heavy atom. The van der Waals surface area contributed by atoms with Crippen molar-refractivity contribution in [2.75, 3.05) is 56.2 Å². The minimum absolute atomic E-state index is 0.0131. The predicted molar refractivity (Wildman–Crippen MR) is 122 cm³/mol. The minimum Gasteiger partial charge on any atom is -0.490 e. The molecule has 0 aliphatic carbocycles. The summed E-state index contributed by atoms with van der Waals surface area (Å²) in [7, 11) is 0. The van der Waals surface area contributed by atoms with E-state index in [1.807, 2.05) is 56.3 Å². The van der Waals surface area contributed by atoms with Crippen LogP contribution in [0.2, 0.25) is 0 Å². The van der Waals surface area contributed by atoms with Crippen molar-refractivity contribution >= 4 is 23.1 Å². The van der Waals surface area contributed by atoms with Gasteiger partial charge in [-0.25, -0.2) is 0 Å². The number of nitrogens with one attached hydrogen (secondary N) is 2. The largest absolute Gasteiger partial charge is 0.490 e. The molecule has 0 aromatic heterocycles. The number of nitrogens with zero attached hydrogens (tertiary/aromatic N) is 1. The third-order valence-electron chi connectivity index (χ3n) is 5.35. The minimum atomic E-state index is -0.0131. The zero-order valence-corrected chi connectivity index (χ0v) is 18.6. The van der Waals surface area contributed by atoms with Crippen molar-refractivity contribution < 1.29 is 24.0 Å². The number of benzene rings is 2. The maximum Gasteiger partial charge on any atom is 0.279 e. The molecule has 31 heavy (non-hydrogen) atoms. The highest BCUT2D eigenvalue weighted by atomic mass is 16.5. The van der Waals surface area contributed by atoms with Crippen molar-refractivity contribution in [2.45, 2.75) is 20.8 Å². The summed E-state index contributed by atoms with van der Waals surface area (Å²) in [5.74, 6) is 1.38. The van der Waals surface area contributed by atoms with Gasteiger partial charge in [-0.2, -0.15) is 0 Å². The summed E-state index contributed by atoms with van der Waals surface area (Å²) in [5, 5.41) is 2.98. The molecule has 2 aromatic carbocycles. The molecule has 2 N–H and O–H groups in total. The summed E-state index contributed by atoms with van der Waals surface area (Å²) in [5.41, 5.74) is 2.55. The summed E-state index contributed by atoms with van der Waals surface area (Å²) < 4.78 is 11.2. The third-order valence-corrected chi connectivity index (χ3v) is 5.35. The first kappa shape index (κ1) is 22.6. The summed E-state index contributed by atoms with van der Waals surface area (Å²) >= 11 is 0. The fourth-order valence-electron chi connectivity index (χ4n) is 3.73. The number of amides is 1. The lowest BCUT2D eigenvalue weighted by Gasteiger charge is -2.33. The smallest absolute Gasteiger partial charge is 0.279 e. The number of quaternary nitrogens is 1. The van der Waals surface area contributed by atoms with Crippen molar-refractivity contribution in [2.24, 2.45) is 0 Å². The molecule has 0 bridgehead atoms. The summed E-state index contributed by atoms with van der Waals surface area (Å²) in [4.78, 5) is 27.6. The number of piperazine rings is 1. The third kappa shape index (κ3) is 6.21. The van der Waals surface area contributed by atoms with Crippen LogP contribution in [-0.4, -0.2) is 57.6 Å². The molecule has 1 heterocycles. The van der Waals surface area contributed by atoms with Gasteiger partial charge in [0.2, 0.25) is 0 Å². The molecule has 3 rings (SSSR count). The molecule has 1 aliphatic rings. The van der Waals surface area contributed by atoms with E-state index in [1.165, 1.54) is 4.90 Å². The standard InChI is InChI=1S/C24H31N3O4/c1-4-30-22-11-8-20(16-23(22)31-5-2)25-24(29)17-26-12-14-27(15-13-26)21-9-6-19(7-10-21)18(3)28/h6-11,16H,4-5,12-15,17H2,1-3H3,(H,25,29)/p+1. The Kier molecular flexibility index (Phi) is 7.89.